The van der Waals surface area contributed by atoms with Gasteiger partial charge in [-0.15, -0.1) is 0 Å². The summed E-state index contributed by atoms with van der Waals surface area (Å²) in [5, 5.41) is 7.73. The molecule has 1 aromatic carbocycles. The Bertz CT molecular complexity index is 423. The topological polar surface area (TPSA) is 33.3 Å². The third kappa shape index (κ3) is 1.46. The Morgan fingerprint density at radius 3 is 3.25 bits per heavy atom. The minimum absolute atomic E-state index is 0.141. The SMILES string of the molecule is CC12CNc3c(Cl)cccc3NC1COC2. The van der Waals surface area contributed by atoms with E-state index in [1.165, 1.54) is 0 Å². The van der Waals surface area contributed by atoms with Gasteiger partial charge in [-0.25, -0.2) is 0 Å². The van der Waals surface area contributed by atoms with Crippen LogP contribution < -0.4 is 10.6 Å². The summed E-state index contributed by atoms with van der Waals surface area (Å²) in [6.45, 7) is 4.69. The summed E-state index contributed by atoms with van der Waals surface area (Å²) >= 11 is 6.18. The van der Waals surface area contributed by atoms with Crippen molar-refractivity contribution in [2.75, 3.05) is 30.4 Å². The van der Waals surface area contributed by atoms with E-state index in [-0.39, 0.29) is 5.41 Å². The molecule has 0 amide bonds. The van der Waals surface area contributed by atoms with Gasteiger partial charge in [0.15, 0.2) is 0 Å². The summed E-state index contributed by atoms with van der Waals surface area (Å²) in [6, 6.07) is 6.29. The van der Waals surface area contributed by atoms with Crippen molar-refractivity contribution in [3.63, 3.8) is 0 Å². The van der Waals surface area contributed by atoms with Gasteiger partial charge >= 0.3 is 0 Å². The predicted molar refractivity (Wildman–Crippen MR) is 66.3 cm³/mol. The second-order valence-corrected chi connectivity index (χ2v) is 5.29. The van der Waals surface area contributed by atoms with Crippen LogP contribution in [0.1, 0.15) is 6.92 Å². The maximum absolute atomic E-state index is 6.18. The molecule has 4 heteroatoms. The molecule has 2 unspecified atom stereocenters. The van der Waals surface area contributed by atoms with Crippen molar-refractivity contribution in [1.29, 1.82) is 0 Å². The number of anilines is 2. The Labute approximate surface area is 100 Å². The summed E-state index contributed by atoms with van der Waals surface area (Å²) in [5.41, 5.74) is 2.23. The van der Waals surface area contributed by atoms with E-state index in [1.807, 2.05) is 12.1 Å². The molecule has 2 heterocycles. The first-order valence-corrected chi connectivity index (χ1v) is 5.93. The molecule has 2 N–H and O–H groups in total. The second-order valence-electron chi connectivity index (χ2n) is 4.88. The molecule has 2 aliphatic rings. The summed E-state index contributed by atoms with van der Waals surface area (Å²) in [6.07, 6.45) is 0. The number of benzene rings is 1. The molecule has 16 heavy (non-hydrogen) atoms. The molecule has 3 nitrogen and oxygen atoms in total. The fourth-order valence-corrected chi connectivity index (χ4v) is 2.65. The van der Waals surface area contributed by atoms with E-state index in [9.17, 15) is 0 Å². The Hall–Kier alpha value is -0.930. The molecule has 0 radical (unpaired) electrons. The number of rotatable bonds is 0. The lowest BCUT2D eigenvalue weighted by Gasteiger charge is -2.27. The molecule has 2 aliphatic heterocycles. The number of para-hydroxylation sites is 1. The van der Waals surface area contributed by atoms with Crippen molar-refractivity contribution in [2.24, 2.45) is 5.41 Å². The number of hydrogen-bond acceptors (Lipinski definition) is 3. The highest BCUT2D eigenvalue weighted by atomic mass is 35.5. The van der Waals surface area contributed by atoms with Gasteiger partial charge in [0.2, 0.25) is 0 Å². The van der Waals surface area contributed by atoms with E-state index < -0.39 is 0 Å². The molecular formula is C12H15ClN2O. The first-order chi connectivity index (χ1) is 7.69. The molecule has 0 aliphatic carbocycles. The van der Waals surface area contributed by atoms with Gasteiger partial charge in [0.05, 0.1) is 35.7 Å². The van der Waals surface area contributed by atoms with Crippen LogP contribution in [0.15, 0.2) is 18.2 Å². The van der Waals surface area contributed by atoms with E-state index in [0.29, 0.717) is 6.04 Å². The van der Waals surface area contributed by atoms with Crippen LogP contribution in [0.25, 0.3) is 0 Å². The van der Waals surface area contributed by atoms with Gasteiger partial charge in [-0.1, -0.05) is 24.6 Å². The third-order valence-electron chi connectivity index (χ3n) is 3.57. The van der Waals surface area contributed by atoms with Crippen LogP contribution in [0.5, 0.6) is 0 Å². The number of hydrogen-bond donors (Lipinski definition) is 2. The van der Waals surface area contributed by atoms with Gasteiger partial charge < -0.3 is 15.4 Å². The fraction of sp³-hybridized carbons (Fsp3) is 0.500. The first kappa shape index (κ1) is 10.2. The standard InChI is InChI=1S/C12H15ClN2O/c1-12-6-14-11-8(13)3-2-4-9(11)15-10(12)5-16-7-12/h2-4,10,14-15H,5-7H2,1H3. The van der Waals surface area contributed by atoms with Crippen LogP contribution in [-0.2, 0) is 4.74 Å². The van der Waals surface area contributed by atoms with Gasteiger partial charge in [0.1, 0.15) is 0 Å². The van der Waals surface area contributed by atoms with Crippen molar-refractivity contribution in [2.45, 2.75) is 13.0 Å². The summed E-state index contributed by atoms with van der Waals surface area (Å²) < 4.78 is 5.56. The number of halogens is 1. The molecule has 86 valence electrons. The molecule has 1 aromatic rings. The number of fused-ring (bicyclic) bond motifs is 2. The van der Waals surface area contributed by atoms with E-state index in [0.717, 1.165) is 36.2 Å². The Kier molecular flexibility index (Phi) is 2.26. The summed E-state index contributed by atoms with van der Waals surface area (Å²) in [5.74, 6) is 0. The highest BCUT2D eigenvalue weighted by Gasteiger charge is 2.41. The molecule has 2 atom stereocenters. The Morgan fingerprint density at radius 2 is 2.38 bits per heavy atom. The molecular weight excluding hydrogens is 224 g/mol. The number of ether oxygens (including phenoxy) is 1. The van der Waals surface area contributed by atoms with Gasteiger partial charge in [-0.05, 0) is 12.1 Å². The monoisotopic (exact) mass is 238 g/mol. The van der Waals surface area contributed by atoms with Gasteiger partial charge in [0, 0.05) is 12.0 Å². The zero-order valence-corrected chi connectivity index (χ0v) is 9.97. The van der Waals surface area contributed by atoms with E-state index in [4.69, 9.17) is 16.3 Å². The summed E-state index contributed by atoms with van der Waals surface area (Å²) in [4.78, 5) is 0. The Morgan fingerprint density at radius 1 is 1.50 bits per heavy atom. The fourth-order valence-electron chi connectivity index (χ4n) is 2.40. The van der Waals surface area contributed by atoms with Crippen molar-refractivity contribution in [3.05, 3.63) is 23.2 Å². The first-order valence-electron chi connectivity index (χ1n) is 5.56. The van der Waals surface area contributed by atoms with Gasteiger partial charge in [-0.2, -0.15) is 0 Å². The maximum Gasteiger partial charge on any atom is 0.0765 e. The van der Waals surface area contributed by atoms with Crippen LogP contribution in [-0.4, -0.2) is 25.8 Å². The van der Waals surface area contributed by atoms with E-state index in [2.05, 4.69) is 23.6 Å². The normalized spacial score (nSPS) is 32.0. The lowest BCUT2D eigenvalue weighted by Crippen LogP contribution is -2.40. The van der Waals surface area contributed by atoms with Crippen molar-refractivity contribution in [3.8, 4) is 0 Å². The van der Waals surface area contributed by atoms with Gasteiger partial charge in [0.25, 0.3) is 0 Å². The molecule has 0 saturated carbocycles. The van der Waals surface area contributed by atoms with Crippen LogP contribution in [0.2, 0.25) is 5.02 Å². The predicted octanol–water partition coefficient (Wildman–Crippen LogP) is 2.58. The molecule has 1 fully saturated rings. The second kappa shape index (κ2) is 3.54. The van der Waals surface area contributed by atoms with Crippen LogP contribution in [0, 0.1) is 5.41 Å². The maximum atomic E-state index is 6.18. The quantitative estimate of drug-likeness (QED) is 0.729. The van der Waals surface area contributed by atoms with Crippen LogP contribution >= 0.6 is 11.6 Å². The average molecular weight is 239 g/mol. The van der Waals surface area contributed by atoms with E-state index >= 15 is 0 Å². The summed E-state index contributed by atoms with van der Waals surface area (Å²) in [7, 11) is 0. The zero-order chi connectivity index (χ0) is 11.2. The van der Waals surface area contributed by atoms with Crippen LogP contribution in [0.3, 0.4) is 0 Å². The highest BCUT2D eigenvalue weighted by Crippen LogP contribution is 2.39. The van der Waals surface area contributed by atoms with Crippen molar-refractivity contribution in [1.82, 2.24) is 0 Å². The lowest BCUT2D eigenvalue weighted by molar-refractivity contribution is 0.164. The molecule has 3 rings (SSSR count). The third-order valence-corrected chi connectivity index (χ3v) is 3.88. The smallest absolute Gasteiger partial charge is 0.0765 e. The zero-order valence-electron chi connectivity index (χ0n) is 9.22. The lowest BCUT2D eigenvalue weighted by atomic mass is 9.85. The molecule has 1 saturated heterocycles. The highest BCUT2D eigenvalue weighted by molar-refractivity contribution is 6.34. The average Bonchev–Trinajstić information content (AvgIpc) is 2.53. The van der Waals surface area contributed by atoms with Crippen LogP contribution in [0.4, 0.5) is 11.4 Å². The van der Waals surface area contributed by atoms with E-state index in [1.54, 1.807) is 0 Å². The van der Waals surface area contributed by atoms with Gasteiger partial charge in [-0.3, -0.25) is 0 Å². The van der Waals surface area contributed by atoms with Crippen molar-refractivity contribution < 1.29 is 4.74 Å². The molecule has 0 bridgehead atoms. The Balaban J connectivity index is 2.00. The molecule has 0 spiro atoms. The number of nitrogens with one attached hydrogen (secondary N) is 2. The van der Waals surface area contributed by atoms with Crippen molar-refractivity contribution >= 4 is 23.0 Å². The minimum atomic E-state index is 0.141. The largest absolute Gasteiger partial charge is 0.381 e. The minimum Gasteiger partial charge on any atom is -0.381 e. The molecule has 0 aromatic heterocycles.